The summed E-state index contributed by atoms with van der Waals surface area (Å²) in [7, 11) is 0. The predicted molar refractivity (Wildman–Crippen MR) is 92.5 cm³/mol. The largest absolute Gasteiger partial charge is 0.378 e. The van der Waals surface area contributed by atoms with Crippen LogP contribution in [-0.2, 0) is 11.3 Å². The van der Waals surface area contributed by atoms with Crippen molar-refractivity contribution in [2.45, 2.75) is 13.5 Å². The van der Waals surface area contributed by atoms with Gasteiger partial charge in [-0.2, -0.15) is 10.2 Å². The van der Waals surface area contributed by atoms with E-state index in [0.29, 0.717) is 29.9 Å². The lowest BCUT2D eigenvalue weighted by molar-refractivity contribution is 0.0397. The topological polar surface area (TPSA) is 42.7 Å². The summed E-state index contributed by atoms with van der Waals surface area (Å²) in [6.45, 7) is 5.45. The Kier molecular flexibility index (Phi) is 5.20. The van der Waals surface area contributed by atoms with Crippen LogP contribution in [0.2, 0.25) is 10.2 Å². The van der Waals surface area contributed by atoms with Crippen LogP contribution in [0.3, 0.4) is 0 Å². The van der Waals surface area contributed by atoms with Crippen molar-refractivity contribution in [1.82, 2.24) is 14.8 Å². The van der Waals surface area contributed by atoms with Crippen molar-refractivity contribution in [2.75, 3.05) is 26.3 Å². The minimum absolute atomic E-state index is 0.532. The summed E-state index contributed by atoms with van der Waals surface area (Å²) in [5, 5.41) is 12.2. The molecule has 0 unspecified atom stereocenters. The zero-order valence-corrected chi connectivity index (χ0v) is 14.4. The van der Waals surface area contributed by atoms with Crippen LogP contribution < -0.4 is 0 Å². The van der Waals surface area contributed by atoms with Crippen molar-refractivity contribution >= 4 is 29.4 Å². The van der Waals surface area contributed by atoms with Gasteiger partial charge in [-0.25, -0.2) is 4.68 Å². The van der Waals surface area contributed by atoms with Crippen molar-refractivity contribution in [1.29, 1.82) is 0 Å². The maximum atomic E-state index is 6.47. The molecule has 2 aromatic rings. The van der Waals surface area contributed by atoms with E-state index in [1.54, 1.807) is 10.9 Å². The SMILES string of the molecule is Cc1nn(Cc2ccccc2Cl)c(Cl)c1C=NN1CCOCC1. The number of rotatable bonds is 4. The van der Waals surface area contributed by atoms with E-state index in [-0.39, 0.29) is 0 Å². The Labute approximate surface area is 145 Å². The summed E-state index contributed by atoms with van der Waals surface area (Å²) in [6.07, 6.45) is 1.78. The molecule has 23 heavy (non-hydrogen) atoms. The lowest BCUT2D eigenvalue weighted by Crippen LogP contribution is -2.32. The van der Waals surface area contributed by atoms with E-state index in [2.05, 4.69) is 10.2 Å². The Bertz CT molecular complexity index is 708. The Balaban J connectivity index is 1.79. The average molecular weight is 353 g/mol. The molecule has 0 radical (unpaired) electrons. The van der Waals surface area contributed by atoms with Crippen LogP contribution >= 0.6 is 23.2 Å². The number of nitrogens with zero attached hydrogens (tertiary/aromatic N) is 4. The third-order valence-electron chi connectivity index (χ3n) is 3.72. The zero-order chi connectivity index (χ0) is 16.2. The number of hydrogen-bond donors (Lipinski definition) is 0. The van der Waals surface area contributed by atoms with E-state index >= 15 is 0 Å². The van der Waals surface area contributed by atoms with Crippen LogP contribution in [0.1, 0.15) is 16.8 Å². The minimum Gasteiger partial charge on any atom is -0.378 e. The van der Waals surface area contributed by atoms with Gasteiger partial charge in [0.2, 0.25) is 0 Å². The summed E-state index contributed by atoms with van der Waals surface area (Å²) in [4.78, 5) is 0. The van der Waals surface area contributed by atoms with E-state index in [9.17, 15) is 0 Å². The third kappa shape index (κ3) is 3.86. The van der Waals surface area contributed by atoms with Crippen LogP contribution in [0.15, 0.2) is 29.4 Å². The summed E-state index contributed by atoms with van der Waals surface area (Å²) in [5.74, 6) is 0. The molecule has 1 fully saturated rings. The number of benzene rings is 1. The third-order valence-corrected chi connectivity index (χ3v) is 4.49. The Morgan fingerprint density at radius 1 is 1.26 bits per heavy atom. The highest BCUT2D eigenvalue weighted by molar-refractivity contribution is 6.32. The Hall–Kier alpha value is -1.56. The normalized spacial score (nSPS) is 15.5. The van der Waals surface area contributed by atoms with Gasteiger partial charge in [0.05, 0.1) is 50.3 Å². The summed E-state index contributed by atoms with van der Waals surface area (Å²) in [5.41, 5.74) is 2.67. The number of aromatic nitrogens is 2. The van der Waals surface area contributed by atoms with Crippen molar-refractivity contribution in [3.05, 3.63) is 51.3 Å². The molecule has 0 saturated carbocycles. The molecule has 1 aromatic carbocycles. The maximum absolute atomic E-state index is 6.47. The molecule has 3 rings (SSSR count). The van der Waals surface area contributed by atoms with Gasteiger partial charge in [0.15, 0.2) is 0 Å². The van der Waals surface area contributed by atoms with Gasteiger partial charge in [-0.3, -0.25) is 5.01 Å². The van der Waals surface area contributed by atoms with E-state index < -0.39 is 0 Å². The first-order valence-electron chi connectivity index (χ1n) is 7.48. The van der Waals surface area contributed by atoms with Gasteiger partial charge in [-0.15, -0.1) is 0 Å². The van der Waals surface area contributed by atoms with Gasteiger partial charge in [0, 0.05) is 5.02 Å². The molecule has 0 N–H and O–H groups in total. The Morgan fingerprint density at radius 3 is 2.74 bits per heavy atom. The smallest absolute Gasteiger partial charge is 0.136 e. The van der Waals surface area contributed by atoms with Gasteiger partial charge < -0.3 is 4.74 Å². The fraction of sp³-hybridized carbons (Fsp3) is 0.375. The number of hydrazone groups is 1. The predicted octanol–water partition coefficient (Wildman–Crippen LogP) is 3.21. The van der Waals surface area contributed by atoms with E-state index in [1.807, 2.05) is 36.2 Å². The molecule has 122 valence electrons. The van der Waals surface area contributed by atoms with Crippen molar-refractivity contribution in [3.63, 3.8) is 0 Å². The number of hydrogen-bond acceptors (Lipinski definition) is 4. The molecular weight excluding hydrogens is 335 g/mol. The van der Waals surface area contributed by atoms with Crippen molar-refractivity contribution in [3.8, 4) is 0 Å². The van der Waals surface area contributed by atoms with Gasteiger partial charge in [-0.1, -0.05) is 41.4 Å². The molecule has 5 nitrogen and oxygen atoms in total. The fourth-order valence-electron chi connectivity index (χ4n) is 2.42. The molecule has 1 aliphatic rings. The molecule has 7 heteroatoms. The minimum atomic E-state index is 0.532. The van der Waals surface area contributed by atoms with Crippen LogP contribution in [0.25, 0.3) is 0 Å². The number of halogens is 2. The van der Waals surface area contributed by atoms with E-state index in [4.69, 9.17) is 27.9 Å². The van der Waals surface area contributed by atoms with Crippen LogP contribution in [0.5, 0.6) is 0 Å². The molecule has 0 bridgehead atoms. The van der Waals surface area contributed by atoms with Gasteiger partial charge >= 0.3 is 0 Å². The molecular formula is C16H18Cl2N4O. The molecule has 2 heterocycles. The Morgan fingerprint density at radius 2 is 2.00 bits per heavy atom. The number of ether oxygens (including phenoxy) is 1. The lowest BCUT2D eigenvalue weighted by atomic mass is 10.2. The molecule has 0 amide bonds. The molecule has 1 aromatic heterocycles. The lowest BCUT2D eigenvalue weighted by Gasteiger charge is -2.23. The quantitative estimate of drug-likeness (QED) is 0.793. The second kappa shape index (κ2) is 7.34. The zero-order valence-electron chi connectivity index (χ0n) is 12.9. The standard InChI is InChI=1S/C16H18Cl2N4O/c1-12-14(10-19-21-6-8-23-9-7-21)16(18)22(20-12)11-13-4-2-3-5-15(13)17/h2-5,10H,6-9,11H2,1H3. The first kappa shape index (κ1) is 16.3. The highest BCUT2D eigenvalue weighted by Crippen LogP contribution is 2.22. The highest BCUT2D eigenvalue weighted by atomic mass is 35.5. The van der Waals surface area contributed by atoms with Crippen LogP contribution in [0, 0.1) is 6.92 Å². The van der Waals surface area contributed by atoms with E-state index in [1.165, 1.54) is 0 Å². The summed E-state index contributed by atoms with van der Waals surface area (Å²) in [6, 6.07) is 7.69. The van der Waals surface area contributed by atoms with Crippen LogP contribution in [0.4, 0.5) is 0 Å². The maximum Gasteiger partial charge on any atom is 0.136 e. The number of morpholine rings is 1. The van der Waals surface area contributed by atoms with Gasteiger partial charge in [0.25, 0.3) is 0 Å². The van der Waals surface area contributed by atoms with Gasteiger partial charge in [-0.05, 0) is 18.6 Å². The molecule has 0 spiro atoms. The first-order chi connectivity index (χ1) is 11.1. The molecule has 0 aliphatic carbocycles. The first-order valence-corrected chi connectivity index (χ1v) is 8.23. The fourth-order valence-corrected chi connectivity index (χ4v) is 2.89. The van der Waals surface area contributed by atoms with Crippen molar-refractivity contribution < 1.29 is 4.74 Å². The van der Waals surface area contributed by atoms with E-state index in [0.717, 1.165) is 29.9 Å². The molecule has 0 atom stereocenters. The second-order valence-corrected chi connectivity index (χ2v) is 6.11. The average Bonchev–Trinajstić information content (AvgIpc) is 2.82. The van der Waals surface area contributed by atoms with Crippen LogP contribution in [-0.4, -0.2) is 47.3 Å². The number of aryl methyl sites for hydroxylation is 1. The molecule has 1 aliphatic heterocycles. The van der Waals surface area contributed by atoms with Gasteiger partial charge in [0.1, 0.15) is 5.15 Å². The highest BCUT2D eigenvalue weighted by Gasteiger charge is 2.14. The second-order valence-electron chi connectivity index (χ2n) is 5.35. The summed E-state index contributed by atoms with van der Waals surface area (Å²) >= 11 is 12.7. The monoisotopic (exact) mass is 352 g/mol. The molecule has 1 saturated heterocycles. The van der Waals surface area contributed by atoms with Crippen molar-refractivity contribution in [2.24, 2.45) is 5.10 Å². The summed E-state index contributed by atoms with van der Waals surface area (Å²) < 4.78 is 7.06.